The number of benzene rings is 2. The minimum Gasteiger partial charge on any atom is -0.482 e. The van der Waals surface area contributed by atoms with Gasteiger partial charge in [-0.05, 0) is 24.3 Å². The molecule has 0 aliphatic heterocycles. The number of amides is 1. The third-order valence-corrected chi connectivity index (χ3v) is 2.59. The van der Waals surface area contributed by atoms with E-state index in [2.05, 4.69) is 5.32 Å². The zero-order valence-electron chi connectivity index (χ0n) is 10.8. The van der Waals surface area contributed by atoms with Crippen molar-refractivity contribution in [2.45, 2.75) is 0 Å². The van der Waals surface area contributed by atoms with Gasteiger partial charge in [0, 0.05) is 0 Å². The van der Waals surface area contributed by atoms with Gasteiger partial charge in [-0.2, -0.15) is 5.26 Å². The van der Waals surface area contributed by atoms with Gasteiger partial charge in [-0.3, -0.25) is 4.79 Å². The summed E-state index contributed by atoms with van der Waals surface area (Å²) in [7, 11) is 0. The van der Waals surface area contributed by atoms with Crippen molar-refractivity contribution in [1.29, 1.82) is 5.26 Å². The second kappa shape index (κ2) is 6.48. The number of anilines is 1. The summed E-state index contributed by atoms with van der Waals surface area (Å²) in [5.74, 6) is -2.60. The quantitative estimate of drug-likeness (QED) is 0.941. The number of hydrogen-bond acceptors (Lipinski definition) is 3. The number of ether oxygens (including phenoxy) is 1. The molecule has 1 amide bonds. The summed E-state index contributed by atoms with van der Waals surface area (Å²) < 4.78 is 31.5. The number of nitrogens with zero attached hydrogens (tertiary/aromatic N) is 1. The summed E-state index contributed by atoms with van der Waals surface area (Å²) in [6, 6.07) is 11.8. The fraction of sp³-hybridized carbons (Fsp3) is 0.0667. The second-order valence-corrected chi connectivity index (χ2v) is 4.05. The lowest BCUT2D eigenvalue weighted by molar-refractivity contribution is -0.118. The maximum absolute atomic E-state index is 13.4. The number of hydrogen-bond donors (Lipinski definition) is 1. The fourth-order valence-corrected chi connectivity index (χ4v) is 1.61. The Hall–Kier alpha value is -2.94. The highest BCUT2D eigenvalue weighted by molar-refractivity contribution is 5.92. The molecular formula is C15H10F2N2O2. The molecule has 0 atom stereocenters. The van der Waals surface area contributed by atoms with Crippen LogP contribution >= 0.6 is 0 Å². The van der Waals surface area contributed by atoms with E-state index in [4.69, 9.17) is 10.00 Å². The monoisotopic (exact) mass is 288 g/mol. The molecule has 6 heteroatoms. The molecule has 0 bridgehead atoms. The molecule has 0 unspecified atom stereocenters. The van der Waals surface area contributed by atoms with Crippen LogP contribution in [0.2, 0.25) is 0 Å². The van der Waals surface area contributed by atoms with Gasteiger partial charge in [0.2, 0.25) is 0 Å². The van der Waals surface area contributed by atoms with E-state index in [9.17, 15) is 13.6 Å². The number of halogens is 2. The molecule has 1 N–H and O–H groups in total. The molecule has 21 heavy (non-hydrogen) atoms. The number of rotatable bonds is 4. The van der Waals surface area contributed by atoms with E-state index in [1.165, 1.54) is 18.2 Å². The van der Waals surface area contributed by atoms with Crippen molar-refractivity contribution in [1.82, 2.24) is 0 Å². The summed E-state index contributed by atoms with van der Waals surface area (Å²) in [6.45, 7) is -0.422. The van der Waals surface area contributed by atoms with E-state index >= 15 is 0 Å². The minimum atomic E-state index is -1.14. The molecule has 2 aromatic carbocycles. The average molecular weight is 288 g/mol. The molecule has 0 fully saturated rings. The van der Waals surface area contributed by atoms with Gasteiger partial charge < -0.3 is 10.1 Å². The Morgan fingerprint density at radius 1 is 1.19 bits per heavy atom. The van der Waals surface area contributed by atoms with Crippen molar-refractivity contribution in [2.75, 3.05) is 11.9 Å². The van der Waals surface area contributed by atoms with Crippen LogP contribution in [0.25, 0.3) is 0 Å². The van der Waals surface area contributed by atoms with Gasteiger partial charge >= 0.3 is 0 Å². The van der Waals surface area contributed by atoms with E-state index in [0.29, 0.717) is 0 Å². The summed E-state index contributed by atoms with van der Waals surface area (Å²) in [5.41, 5.74) is 0.0133. The summed E-state index contributed by atoms with van der Waals surface area (Å²) in [4.78, 5) is 11.6. The van der Waals surface area contributed by atoms with Crippen molar-refractivity contribution in [2.24, 2.45) is 0 Å². The van der Waals surface area contributed by atoms with E-state index in [-0.39, 0.29) is 17.0 Å². The molecule has 0 heterocycles. The van der Waals surface area contributed by atoms with Gasteiger partial charge in [0.25, 0.3) is 5.91 Å². The van der Waals surface area contributed by atoms with Crippen LogP contribution in [0.4, 0.5) is 14.5 Å². The number of nitrogens with one attached hydrogen (secondary N) is 1. The predicted molar refractivity (Wildman–Crippen MR) is 71.6 cm³/mol. The Morgan fingerprint density at radius 2 is 1.95 bits per heavy atom. The molecule has 0 spiro atoms. The van der Waals surface area contributed by atoms with Crippen LogP contribution < -0.4 is 10.1 Å². The van der Waals surface area contributed by atoms with Crippen LogP contribution in [0.15, 0.2) is 42.5 Å². The molecule has 2 rings (SSSR count). The smallest absolute Gasteiger partial charge is 0.262 e. The highest BCUT2D eigenvalue weighted by Crippen LogP contribution is 2.18. The molecule has 0 saturated carbocycles. The molecule has 2 aromatic rings. The van der Waals surface area contributed by atoms with E-state index in [1.807, 2.05) is 6.07 Å². The van der Waals surface area contributed by atoms with Crippen LogP contribution in [0, 0.1) is 23.0 Å². The molecule has 0 saturated heterocycles. The highest BCUT2D eigenvalue weighted by atomic mass is 19.2. The van der Waals surface area contributed by atoms with Crippen molar-refractivity contribution in [3.8, 4) is 11.8 Å². The normalized spacial score (nSPS) is 9.76. The first-order chi connectivity index (χ1) is 10.1. The molecule has 0 aromatic heterocycles. The number of nitriles is 1. The molecule has 0 aliphatic rings. The molecular weight excluding hydrogens is 278 g/mol. The van der Waals surface area contributed by atoms with Crippen molar-refractivity contribution in [3.63, 3.8) is 0 Å². The Morgan fingerprint density at radius 3 is 2.71 bits per heavy atom. The van der Waals surface area contributed by atoms with Crippen LogP contribution in [-0.2, 0) is 4.79 Å². The summed E-state index contributed by atoms with van der Waals surface area (Å²) in [6.07, 6.45) is 0. The zero-order valence-corrected chi connectivity index (χ0v) is 10.8. The Balaban J connectivity index is 2.00. The second-order valence-electron chi connectivity index (χ2n) is 4.05. The Bertz CT molecular complexity index is 711. The standard InChI is InChI=1S/C15H10F2N2O2/c16-11-5-3-6-12(15(11)17)19-14(20)9-21-13-7-2-1-4-10(13)8-18/h1-7H,9H2,(H,19,20). The lowest BCUT2D eigenvalue weighted by Crippen LogP contribution is -2.21. The lowest BCUT2D eigenvalue weighted by Gasteiger charge is -2.09. The first-order valence-corrected chi connectivity index (χ1v) is 5.97. The van der Waals surface area contributed by atoms with Crippen LogP contribution in [0.3, 0.4) is 0 Å². The van der Waals surface area contributed by atoms with Gasteiger partial charge in [0.15, 0.2) is 18.2 Å². The number of carbonyl (C=O) groups excluding carboxylic acids is 1. The van der Waals surface area contributed by atoms with Gasteiger partial charge in [-0.1, -0.05) is 18.2 Å². The first-order valence-electron chi connectivity index (χ1n) is 5.97. The Kier molecular flexibility index (Phi) is 4.46. The van der Waals surface area contributed by atoms with E-state index in [0.717, 1.165) is 6.07 Å². The first kappa shape index (κ1) is 14.5. The van der Waals surface area contributed by atoms with Gasteiger partial charge in [0.05, 0.1) is 11.3 Å². The van der Waals surface area contributed by atoms with Crippen molar-refractivity contribution >= 4 is 11.6 Å². The average Bonchev–Trinajstić information content (AvgIpc) is 2.50. The van der Waals surface area contributed by atoms with Gasteiger partial charge in [-0.15, -0.1) is 0 Å². The summed E-state index contributed by atoms with van der Waals surface area (Å²) in [5, 5.41) is 11.1. The third kappa shape index (κ3) is 3.54. The van der Waals surface area contributed by atoms with Crippen LogP contribution in [0.1, 0.15) is 5.56 Å². The SMILES string of the molecule is N#Cc1ccccc1OCC(=O)Nc1cccc(F)c1F. The Labute approximate surface area is 119 Å². The topological polar surface area (TPSA) is 62.1 Å². The van der Waals surface area contributed by atoms with E-state index in [1.54, 1.807) is 18.2 Å². The lowest BCUT2D eigenvalue weighted by atomic mass is 10.2. The van der Waals surface area contributed by atoms with Crippen molar-refractivity contribution < 1.29 is 18.3 Å². The van der Waals surface area contributed by atoms with Gasteiger partial charge in [-0.25, -0.2) is 8.78 Å². The number of carbonyl (C=O) groups is 1. The van der Waals surface area contributed by atoms with Gasteiger partial charge in [0.1, 0.15) is 11.8 Å². The highest BCUT2D eigenvalue weighted by Gasteiger charge is 2.11. The fourth-order valence-electron chi connectivity index (χ4n) is 1.61. The largest absolute Gasteiger partial charge is 0.482 e. The van der Waals surface area contributed by atoms with Crippen LogP contribution in [-0.4, -0.2) is 12.5 Å². The molecule has 0 radical (unpaired) electrons. The summed E-state index contributed by atoms with van der Waals surface area (Å²) >= 11 is 0. The maximum Gasteiger partial charge on any atom is 0.262 e. The molecule has 4 nitrogen and oxygen atoms in total. The minimum absolute atomic E-state index is 0.245. The predicted octanol–water partition coefficient (Wildman–Crippen LogP) is 2.85. The molecule has 106 valence electrons. The van der Waals surface area contributed by atoms with E-state index < -0.39 is 24.1 Å². The zero-order chi connectivity index (χ0) is 15.2. The van der Waals surface area contributed by atoms with Crippen molar-refractivity contribution in [3.05, 3.63) is 59.7 Å². The maximum atomic E-state index is 13.4. The molecule has 0 aliphatic carbocycles. The number of para-hydroxylation sites is 1. The third-order valence-electron chi connectivity index (χ3n) is 2.59. The van der Waals surface area contributed by atoms with Crippen LogP contribution in [0.5, 0.6) is 5.75 Å².